The zero-order valence-corrected chi connectivity index (χ0v) is 15.7. The molecular formula is C18H22Cl2N4O. The van der Waals surface area contributed by atoms with Gasteiger partial charge < -0.3 is 10.2 Å². The van der Waals surface area contributed by atoms with Gasteiger partial charge in [-0.3, -0.25) is 4.79 Å². The third-order valence-electron chi connectivity index (χ3n) is 5.13. The third kappa shape index (κ3) is 3.41. The minimum atomic E-state index is 0. The molecule has 7 heteroatoms. The Morgan fingerprint density at radius 1 is 1.24 bits per heavy atom. The van der Waals surface area contributed by atoms with Crippen LogP contribution in [0.5, 0.6) is 0 Å². The van der Waals surface area contributed by atoms with Gasteiger partial charge in [0.05, 0.1) is 28.2 Å². The normalized spacial score (nSPS) is 22.4. The van der Waals surface area contributed by atoms with Crippen LogP contribution >= 0.6 is 24.0 Å². The second-order valence-corrected chi connectivity index (χ2v) is 7.09. The van der Waals surface area contributed by atoms with Crippen molar-refractivity contribution >= 4 is 29.9 Å². The van der Waals surface area contributed by atoms with Crippen LogP contribution in [-0.4, -0.2) is 45.8 Å². The Kier molecular flexibility index (Phi) is 5.37. The highest BCUT2D eigenvalue weighted by Gasteiger charge is 2.32. The van der Waals surface area contributed by atoms with Crippen molar-refractivity contribution in [1.29, 1.82) is 0 Å². The summed E-state index contributed by atoms with van der Waals surface area (Å²) in [5, 5.41) is 8.64. The van der Waals surface area contributed by atoms with Gasteiger partial charge in [0.1, 0.15) is 0 Å². The zero-order valence-electron chi connectivity index (χ0n) is 14.1. The van der Waals surface area contributed by atoms with Crippen molar-refractivity contribution in [2.75, 3.05) is 13.1 Å². The number of benzene rings is 1. The maximum Gasteiger partial charge on any atom is 0.257 e. The van der Waals surface area contributed by atoms with E-state index in [1.807, 2.05) is 36.1 Å². The summed E-state index contributed by atoms with van der Waals surface area (Å²) in [6, 6.07) is 8.54. The standard InChI is InChI=1S/C18H21ClN4O.ClH/c1-12-15(10-20-23(12)17-5-3-2-4-16(17)19)18(24)22-9-8-13-6-7-14(11-22)21-13;/h2-5,10,13-14,21H,6-9,11H2,1H3;1H. The molecular weight excluding hydrogens is 359 g/mol. The van der Waals surface area contributed by atoms with E-state index in [4.69, 9.17) is 11.6 Å². The van der Waals surface area contributed by atoms with Crippen molar-refractivity contribution in [2.45, 2.75) is 38.3 Å². The Morgan fingerprint density at radius 3 is 2.80 bits per heavy atom. The fraction of sp³-hybridized carbons (Fsp3) is 0.444. The first-order valence-electron chi connectivity index (χ1n) is 8.48. The number of rotatable bonds is 2. The Balaban J connectivity index is 0.00000182. The fourth-order valence-electron chi connectivity index (χ4n) is 3.78. The lowest BCUT2D eigenvalue weighted by Gasteiger charge is -2.24. The number of halogens is 2. The number of para-hydroxylation sites is 1. The molecule has 2 aliphatic rings. The number of carbonyl (C=O) groups excluding carboxylic acids is 1. The van der Waals surface area contributed by atoms with Gasteiger partial charge in [0.25, 0.3) is 5.91 Å². The molecule has 0 spiro atoms. The Morgan fingerprint density at radius 2 is 2.00 bits per heavy atom. The lowest BCUT2D eigenvalue weighted by Crippen LogP contribution is -2.39. The summed E-state index contributed by atoms with van der Waals surface area (Å²) in [6.07, 6.45) is 5.08. The Labute approximate surface area is 158 Å². The number of carbonyl (C=O) groups is 1. The monoisotopic (exact) mass is 380 g/mol. The highest BCUT2D eigenvalue weighted by Crippen LogP contribution is 2.25. The van der Waals surface area contributed by atoms with Crippen molar-refractivity contribution in [3.05, 3.63) is 46.7 Å². The lowest BCUT2D eigenvalue weighted by molar-refractivity contribution is 0.0747. The van der Waals surface area contributed by atoms with Crippen LogP contribution in [0.3, 0.4) is 0 Å². The molecule has 2 bridgehead atoms. The summed E-state index contributed by atoms with van der Waals surface area (Å²) in [4.78, 5) is 15.0. The maximum atomic E-state index is 13.0. The number of nitrogens with zero attached hydrogens (tertiary/aromatic N) is 3. The molecule has 4 rings (SSSR count). The van der Waals surface area contributed by atoms with E-state index in [1.54, 1.807) is 10.9 Å². The highest BCUT2D eigenvalue weighted by molar-refractivity contribution is 6.32. The van der Waals surface area contributed by atoms with Gasteiger partial charge >= 0.3 is 0 Å². The minimum Gasteiger partial charge on any atom is -0.337 e. The van der Waals surface area contributed by atoms with E-state index in [1.165, 1.54) is 6.42 Å². The van der Waals surface area contributed by atoms with E-state index >= 15 is 0 Å². The Hall–Kier alpha value is -1.56. The number of amides is 1. The van der Waals surface area contributed by atoms with E-state index in [9.17, 15) is 4.79 Å². The van der Waals surface area contributed by atoms with Crippen molar-refractivity contribution in [2.24, 2.45) is 0 Å². The smallest absolute Gasteiger partial charge is 0.257 e. The van der Waals surface area contributed by atoms with Gasteiger partial charge in [-0.25, -0.2) is 4.68 Å². The van der Waals surface area contributed by atoms with Gasteiger partial charge in [0.2, 0.25) is 0 Å². The second kappa shape index (κ2) is 7.36. The van der Waals surface area contributed by atoms with Crippen molar-refractivity contribution in [1.82, 2.24) is 20.0 Å². The highest BCUT2D eigenvalue weighted by atomic mass is 35.5. The molecule has 2 aromatic rings. The number of likely N-dealkylation sites (tertiary alicyclic amines) is 1. The predicted octanol–water partition coefficient (Wildman–Crippen LogP) is 3.22. The van der Waals surface area contributed by atoms with Gasteiger partial charge in [-0.2, -0.15) is 5.10 Å². The van der Waals surface area contributed by atoms with Gasteiger partial charge in [0.15, 0.2) is 0 Å². The van der Waals surface area contributed by atoms with E-state index in [0.717, 1.165) is 37.3 Å². The third-order valence-corrected chi connectivity index (χ3v) is 5.45. The average molecular weight is 381 g/mol. The molecule has 1 aromatic carbocycles. The van der Waals surface area contributed by atoms with Gasteiger partial charge in [-0.1, -0.05) is 23.7 Å². The molecule has 0 saturated carbocycles. The summed E-state index contributed by atoms with van der Waals surface area (Å²) < 4.78 is 1.75. The molecule has 2 fully saturated rings. The maximum absolute atomic E-state index is 13.0. The van der Waals surface area contributed by atoms with Gasteiger partial charge in [-0.15, -0.1) is 12.4 Å². The largest absolute Gasteiger partial charge is 0.337 e. The molecule has 0 radical (unpaired) electrons. The van der Waals surface area contributed by atoms with Crippen LogP contribution in [0.1, 0.15) is 35.3 Å². The summed E-state index contributed by atoms with van der Waals surface area (Å²) in [5.41, 5.74) is 2.29. The number of aromatic nitrogens is 2. The molecule has 2 aliphatic heterocycles. The number of nitrogens with one attached hydrogen (secondary N) is 1. The van der Waals surface area contributed by atoms with Crippen LogP contribution in [0.15, 0.2) is 30.5 Å². The summed E-state index contributed by atoms with van der Waals surface area (Å²) in [6.45, 7) is 3.52. The minimum absolute atomic E-state index is 0. The molecule has 134 valence electrons. The first kappa shape index (κ1) is 18.2. The molecule has 2 unspecified atom stereocenters. The van der Waals surface area contributed by atoms with Gasteiger partial charge in [-0.05, 0) is 38.3 Å². The van der Waals surface area contributed by atoms with Crippen LogP contribution in [0, 0.1) is 6.92 Å². The zero-order chi connectivity index (χ0) is 16.7. The predicted molar refractivity (Wildman–Crippen MR) is 101 cm³/mol. The molecule has 2 saturated heterocycles. The molecule has 1 amide bonds. The van der Waals surface area contributed by atoms with Crippen LogP contribution in [0.4, 0.5) is 0 Å². The molecule has 3 heterocycles. The molecule has 2 atom stereocenters. The average Bonchev–Trinajstić information content (AvgIpc) is 3.10. The molecule has 25 heavy (non-hydrogen) atoms. The number of hydrogen-bond acceptors (Lipinski definition) is 3. The number of fused-ring (bicyclic) bond motifs is 2. The van der Waals surface area contributed by atoms with Gasteiger partial charge in [0, 0.05) is 25.2 Å². The SMILES string of the molecule is Cc1c(C(=O)N2CCC3CCC(C2)N3)cnn1-c1ccccc1Cl.Cl. The van der Waals surface area contributed by atoms with E-state index < -0.39 is 0 Å². The Bertz CT molecular complexity index is 776. The van der Waals surface area contributed by atoms with Crippen LogP contribution in [0.2, 0.25) is 5.02 Å². The van der Waals surface area contributed by atoms with Crippen molar-refractivity contribution in [3.63, 3.8) is 0 Å². The van der Waals surface area contributed by atoms with E-state index in [0.29, 0.717) is 22.7 Å². The second-order valence-electron chi connectivity index (χ2n) is 6.68. The lowest BCUT2D eigenvalue weighted by atomic mass is 10.1. The first-order valence-corrected chi connectivity index (χ1v) is 8.86. The van der Waals surface area contributed by atoms with Crippen LogP contribution in [0.25, 0.3) is 5.69 Å². The van der Waals surface area contributed by atoms with Crippen LogP contribution < -0.4 is 5.32 Å². The molecule has 5 nitrogen and oxygen atoms in total. The fourth-order valence-corrected chi connectivity index (χ4v) is 4.00. The molecule has 1 N–H and O–H groups in total. The topological polar surface area (TPSA) is 50.2 Å². The van der Waals surface area contributed by atoms with Crippen molar-refractivity contribution in [3.8, 4) is 5.69 Å². The van der Waals surface area contributed by atoms with Crippen molar-refractivity contribution < 1.29 is 4.79 Å². The van der Waals surface area contributed by atoms with E-state index in [-0.39, 0.29) is 18.3 Å². The van der Waals surface area contributed by atoms with E-state index in [2.05, 4.69) is 10.4 Å². The summed E-state index contributed by atoms with van der Waals surface area (Å²) >= 11 is 6.27. The first-order chi connectivity index (χ1) is 11.6. The summed E-state index contributed by atoms with van der Waals surface area (Å²) in [5.74, 6) is 0.0696. The van der Waals surface area contributed by atoms with Crippen LogP contribution in [-0.2, 0) is 0 Å². The summed E-state index contributed by atoms with van der Waals surface area (Å²) in [7, 11) is 0. The molecule has 0 aliphatic carbocycles. The quantitative estimate of drug-likeness (QED) is 0.869. The number of hydrogen-bond donors (Lipinski definition) is 1. The molecule has 1 aromatic heterocycles.